The number of pyridine rings is 1. The van der Waals surface area contributed by atoms with Crippen LogP contribution in [0, 0.1) is 0 Å². The Bertz CT molecular complexity index is 882. The maximum Gasteiger partial charge on any atom is 0.236 e. The molecule has 0 aliphatic carbocycles. The Morgan fingerprint density at radius 3 is 2.63 bits per heavy atom. The molecule has 1 amide bonds. The van der Waals surface area contributed by atoms with Gasteiger partial charge in [-0.1, -0.05) is 42.1 Å². The van der Waals surface area contributed by atoms with Crippen LogP contribution in [0.15, 0.2) is 60.0 Å². The molecule has 0 bridgehead atoms. The Labute approximate surface area is 163 Å². The van der Waals surface area contributed by atoms with Gasteiger partial charge in [0, 0.05) is 38.1 Å². The summed E-state index contributed by atoms with van der Waals surface area (Å²) in [7, 11) is 1.91. The van der Waals surface area contributed by atoms with Gasteiger partial charge in [0.1, 0.15) is 0 Å². The van der Waals surface area contributed by atoms with Crippen molar-refractivity contribution in [3.05, 3.63) is 60.4 Å². The fourth-order valence-corrected chi connectivity index (χ4v) is 3.68. The lowest BCUT2D eigenvalue weighted by molar-refractivity contribution is -0.130. The number of carbonyl (C=O) groups excluding carboxylic acids is 1. The summed E-state index contributed by atoms with van der Waals surface area (Å²) in [4.78, 5) is 18.9. The number of nitrogens with zero attached hydrogens (tertiary/aromatic N) is 5. The van der Waals surface area contributed by atoms with Crippen LogP contribution < -0.4 is 0 Å². The van der Waals surface area contributed by atoms with Gasteiger partial charge in [0.2, 0.25) is 5.91 Å². The standard InChI is InChI=1S/C20H23N5OS/c1-4-25(14-16-9-6-5-7-10-16)19(26)15(2)27-20-23-22-18(24(20)3)17-11-8-12-21-13-17/h5-13,15H,4,14H2,1-3H3. The molecule has 27 heavy (non-hydrogen) atoms. The van der Waals surface area contributed by atoms with Crippen molar-refractivity contribution in [2.24, 2.45) is 7.05 Å². The first-order chi connectivity index (χ1) is 13.1. The number of aromatic nitrogens is 4. The zero-order chi connectivity index (χ0) is 19.2. The fraction of sp³-hybridized carbons (Fsp3) is 0.300. The summed E-state index contributed by atoms with van der Waals surface area (Å²) < 4.78 is 1.90. The van der Waals surface area contributed by atoms with Crippen LogP contribution in [0.1, 0.15) is 19.4 Å². The molecule has 0 fully saturated rings. The second-order valence-corrected chi connectivity index (χ2v) is 7.51. The van der Waals surface area contributed by atoms with Crippen molar-refractivity contribution in [2.75, 3.05) is 6.54 Å². The van der Waals surface area contributed by atoms with Gasteiger partial charge in [0.05, 0.1) is 5.25 Å². The monoisotopic (exact) mass is 381 g/mol. The molecule has 1 atom stereocenters. The van der Waals surface area contributed by atoms with Gasteiger partial charge >= 0.3 is 0 Å². The zero-order valence-corrected chi connectivity index (χ0v) is 16.6. The lowest BCUT2D eigenvalue weighted by atomic mass is 10.2. The fourth-order valence-electron chi connectivity index (χ4n) is 2.78. The Morgan fingerprint density at radius 2 is 1.96 bits per heavy atom. The van der Waals surface area contributed by atoms with Crippen LogP contribution in [0.25, 0.3) is 11.4 Å². The molecule has 3 rings (SSSR count). The van der Waals surface area contributed by atoms with E-state index < -0.39 is 0 Å². The molecule has 0 N–H and O–H groups in total. The van der Waals surface area contributed by atoms with Crippen molar-refractivity contribution in [1.29, 1.82) is 0 Å². The molecule has 0 spiro atoms. The SMILES string of the molecule is CCN(Cc1ccccc1)C(=O)C(C)Sc1nnc(-c2cccnc2)n1C. The van der Waals surface area contributed by atoms with Crippen LogP contribution in [0.3, 0.4) is 0 Å². The predicted octanol–water partition coefficient (Wildman–Crippen LogP) is 3.41. The Kier molecular flexibility index (Phi) is 6.24. The topological polar surface area (TPSA) is 63.9 Å². The summed E-state index contributed by atoms with van der Waals surface area (Å²) in [6.07, 6.45) is 3.48. The third-order valence-electron chi connectivity index (χ3n) is 4.29. The number of hydrogen-bond donors (Lipinski definition) is 0. The van der Waals surface area contributed by atoms with Gasteiger partial charge in [-0.25, -0.2) is 0 Å². The smallest absolute Gasteiger partial charge is 0.236 e. The summed E-state index contributed by atoms with van der Waals surface area (Å²) in [5.74, 6) is 0.833. The molecule has 7 heteroatoms. The van der Waals surface area contributed by atoms with E-state index in [-0.39, 0.29) is 11.2 Å². The maximum atomic E-state index is 12.9. The third-order valence-corrected chi connectivity index (χ3v) is 5.42. The first-order valence-electron chi connectivity index (χ1n) is 8.89. The van der Waals surface area contributed by atoms with Crippen LogP contribution in [0.2, 0.25) is 0 Å². The van der Waals surface area contributed by atoms with Crippen molar-refractivity contribution >= 4 is 17.7 Å². The molecule has 1 aromatic carbocycles. The second kappa shape index (κ2) is 8.81. The first-order valence-corrected chi connectivity index (χ1v) is 9.77. The Morgan fingerprint density at radius 1 is 1.19 bits per heavy atom. The van der Waals surface area contributed by atoms with E-state index in [9.17, 15) is 4.79 Å². The predicted molar refractivity (Wildman–Crippen MR) is 107 cm³/mol. The van der Waals surface area contributed by atoms with Gasteiger partial charge in [-0.15, -0.1) is 10.2 Å². The van der Waals surface area contributed by atoms with E-state index >= 15 is 0 Å². The largest absolute Gasteiger partial charge is 0.338 e. The molecule has 6 nitrogen and oxygen atoms in total. The van der Waals surface area contributed by atoms with E-state index in [1.54, 1.807) is 12.4 Å². The maximum absolute atomic E-state index is 12.9. The average Bonchev–Trinajstić information content (AvgIpc) is 3.07. The number of rotatable bonds is 7. The molecule has 0 aliphatic rings. The van der Waals surface area contributed by atoms with Crippen molar-refractivity contribution in [3.8, 4) is 11.4 Å². The van der Waals surface area contributed by atoms with Gasteiger partial charge in [-0.3, -0.25) is 9.78 Å². The average molecular weight is 382 g/mol. The van der Waals surface area contributed by atoms with E-state index in [0.29, 0.717) is 18.2 Å². The minimum atomic E-state index is -0.252. The molecule has 140 valence electrons. The van der Waals surface area contributed by atoms with Gasteiger partial charge in [0.25, 0.3) is 0 Å². The van der Waals surface area contributed by atoms with E-state index in [1.165, 1.54) is 11.8 Å². The summed E-state index contributed by atoms with van der Waals surface area (Å²) in [6, 6.07) is 13.8. The van der Waals surface area contributed by atoms with Crippen molar-refractivity contribution in [1.82, 2.24) is 24.6 Å². The molecule has 0 aliphatic heterocycles. The highest BCUT2D eigenvalue weighted by Gasteiger charge is 2.23. The summed E-state index contributed by atoms with van der Waals surface area (Å²) in [5, 5.41) is 8.98. The third kappa shape index (κ3) is 4.54. The van der Waals surface area contributed by atoms with Crippen molar-refractivity contribution < 1.29 is 4.79 Å². The van der Waals surface area contributed by atoms with Gasteiger partial charge < -0.3 is 9.47 Å². The van der Waals surface area contributed by atoms with Crippen molar-refractivity contribution in [3.63, 3.8) is 0 Å². The summed E-state index contributed by atoms with van der Waals surface area (Å²) in [5.41, 5.74) is 2.03. The zero-order valence-electron chi connectivity index (χ0n) is 15.7. The number of thioether (sulfide) groups is 1. The molecule has 0 saturated heterocycles. The normalized spacial score (nSPS) is 12.0. The van der Waals surface area contributed by atoms with Crippen LogP contribution in [-0.2, 0) is 18.4 Å². The highest BCUT2D eigenvalue weighted by atomic mass is 32.2. The van der Waals surface area contributed by atoms with Crippen LogP contribution in [-0.4, -0.2) is 42.4 Å². The van der Waals surface area contributed by atoms with E-state index in [0.717, 1.165) is 17.0 Å². The molecule has 0 radical (unpaired) electrons. The number of carbonyl (C=O) groups is 1. The molecule has 1 unspecified atom stereocenters. The van der Waals surface area contributed by atoms with Crippen molar-refractivity contribution in [2.45, 2.75) is 30.8 Å². The molecular formula is C20H23N5OS. The van der Waals surface area contributed by atoms with E-state index in [4.69, 9.17) is 0 Å². The Hall–Kier alpha value is -2.67. The van der Waals surface area contributed by atoms with Gasteiger partial charge in [0.15, 0.2) is 11.0 Å². The molecule has 0 saturated carbocycles. The van der Waals surface area contributed by atoms with Gasteiger partial charge in [-0.2, -0.15) is 0 Å². The van der Waals surface area contributed by atoms with Crippen LogP contribution >= 0.6 is 11.8 Å². The second-order valence-electron chi connectivity index (χ2n) is 6.20. The lowest BCUT2D eigenvalue weighted by Crippen LogP contribution is -2.36. The highest BCUT2D eigenvalue weighted by Crippen LogP contribution is 2.26. The van der Waals surface area contributed by atoms with Crippen LogP contribution in [0.4, 0.5) is 0 Å². The molecule has 2 aromatic heterocycles. The Balaban J connectivity index is 1.70. The molecule has 2 heterocycles. The number of benzene rings is 1. The van der Waals surface area contributed by atoms with E-state index in [1.807, 2.05) is 72.8 Å². The van der Waals surface area contributed by atoms with Gasteiger partial charge in [-0.05, 0) is 31.5 Å². The minimum absolute atomic E-state index is 0.0947. The highest BCUT2D eigenvalue weighted by molar-refractivity contribution is 8.00. The number of hydrogen-bond acceptors (Lipinski definition) is 5. The molecular weight excluding hydrogens is 358 g/mol. The summed E-state index contributed by atoms with van der Waals surface area (Å²) in [6.45, 7) is 5.19. The lowest BCUT2D eigenvalue weighted by Gasteiger charge is -2.24. The van der Waals surface area contributed by atoms with Crippen LogP contribution in [0.5, 0.6) is 0 Å². The number of amides is 1. The minimum Gasteiger partial charge on any atom is -0.338 e. The quantitative estimate of drug-likeness (QED) is 0.587. The summed E-state index contributed by atoms with van der Waals surface area (Å²) >= 11 is 1.43. The molecule has 3 aromatic rings. The van der Waals surface area contributed by atoms with E-state index in [2.05, 4.69) is 15.2 Å². The first kappa shape index (κ1) is 19.1.